The van der Waals surface area contributed by atoms with Crippen LogP contribution in [0.15, 0.2) is 53.0 Å². The minimum atomic E-state index is 0.323. The van der Waals surface area contributed by atoms with Crippen molar-refractivity contribution in [1.82, 2.24) is 9.78 Å². The molecule has 3 nitrogen and oxygen atoms in total. The molecular formula is C16H8BrCl2N3. The molecule has 0 aliphatic rings. The fourth-order valence-electron chi connectivity index (χ4n) is 2.10. The summed E-state index contributed by atoms with van der Waals surface area (Å²) < 4.78 is 2.63. The SMILES string of the molecule is N#Cc1cc(-c2ccc(Br)cc2)n(-c2ccc(Cl)cc2Cl)n1. The summed E-state index contributed by atoms with van der Waals surface area (Å²) in [6.45, 7) is 0. The highest BCUT2D eigenvalue weighted by molar-refractivity contribution is 9.10. The Labute approximate surface area is 145 Å². The van der Waals surface area contributed by atoms with Crippen LogP contribution in [-0.2, 0) is 0 Å². The van der Waals surface area contributed by atoms with E-state index in [0.717, 1.165) is 15.7 Å². The third-order valence-electron chi connectivity index (χ3n) is 3.10. The van der Waals surface area contributed by atoms with Crippen molar-refractivity contribution in [3.05, 3.63) is 68.7 Å². The van der Waals surface area contributed by atoms with Gasteiger partial charge >= 0.3 is 0 Å². The summed E-state index contributed by atoms with van der Waals surface area (Å²) in [5, 5.41) is 14.5. The summed E-state index contributed by atoms with van der Waals surface area (Å²) in [7, 11) is 0. The topological polar surface area (TPSA) is 41.6 Å². The largest absolute Gasteiger partial charge is 0.230 e. The zero-order valence-electron chi connectivity index (χ0n) is 11.1. The molecule has 0 saturated heterocycles. The van der Waals surface area contributed by atoms with Gasteiger partial charge in [-0.15, -0.1) is 0 Å². The van der Waals surface area contributed by atoms with Crippen molar-refractivity contribution in [2.75, 3.05) is 0 Å². The fraction of sp³-hybridized carbons (Fsp3) is 0. The molecule has 2 aromatic carbocycles. The van der Waals surface area contributed by atoms with Crippen molar-refractivity contribution < 1.29 is 0 Å². The van der Waals surface area contributed by atoms with E-state index in [0.29, 0.717) is 21.4 Å². The van der Waals surface area contributed by atoms with Gasteiger partial charge in [-0.1, -0.05) is 51.3 Å². The number of hydrogen-bond donors (Lipinski definition) is 0. The lowest BCUT2D eigenvalue weighted by Gasteiger charge is -2.09. The molecule has 3 rings (SSSR count). The molecule has 108 valence electrons. The highest BCUT2D eigenvalue weighted by Crippen LogP contribution is 2.30. The number of nitrogens with zero attached hydrogens (tertiary/aromatic N) is 3. The molecule has 0 saturated carbocycles. The van der Waals surface area contributed by atoms with Crippen molar-refractivity contribution >= 4 is 39.1 Å². The van der Waals surface area contributed by atoms with Crippen LogP contribution < -0.4 is 0 Å². The van der Waals surface area contributed by atoms with Crippen molar-refractivity contribution in [3.63, 3.8) is 0 Å². The lowest BCUT2D eigenvalue weighted by atomic mass is 10.1. The van der Waals surface area contributed by atoms with E-state index in [2.05, 4.69) is 27.1 Å². The van der Waals surface area contributed by atoms with Crippen LogP contribution in [0.3, 0.4) is 0 Å². The first-order valence-corrected chi connectivity index (χ1v) is 7.85. The first-order chi connectivity index (χ1) is 10.6. The van der Waals surface area contributed by atoms with Crippen molar-refractivity contribution in [3.8, 4) is 23.0 Å². The van der Waals surface area contributed by atoms with Crippen molar-refractivity contribution in [2.24, 2.45) is 0 Å². The zero-order chi connectivity index (χ0) is 15.7. The summed E-state index contributed by atoms with van der Waals surface area (Å²) in [6.07, 6.45) is 0. The molecule has 0 unspecified atom stereocenters. The van der Waals surface area contributed by atoms with Crippen molar-refractivity contribution in [2.45, 2.75) is 0 Å². The molecule has 0 radical (unpaired) electrons. The third kappa shape index (κ3) is 2.89. The van der Waals surface area contributed by atoms with Crippen LogP contribution in [0.5, 0.6) is 0 Å². The summed E-state index contributed by atoms with van der Waals surface area (Å²) in [6, 6.07) is 16.7. The van der Waals surface area contributed by atoms with Crippen LogP contribution in [0, 0.1) is 11.3 Å². The van der Waals surface area contributed by atoms with E-state index in [1.807, 2.05) is 24.3 Å². The van der Waals surface area contributed by atoms with Gasteiger partial charge in [0, 0.05) is 21.1 Å². The first kappa shape index (κ1) is 15.1. The normalized spacial score (nSPS) is 10.5. The highest BCUT2D eigenvalue weighted by Gasteiger charge is 2.14. The van der Waals surface area contributed by atoms with Crippen LogP contribution in [0.4, 0.5) is 0 Å². The molecule has 0 aliphatic heterocycles. The molecule has 1 heterocycles. The average molecular weight is 393 g/mol. The number of halogens is 3. The lowest BCUT2D eigenvalue weighted by Crippen LogP contribution is -2.00. The lowest BCUT2D eigenvalue weighted by molar-refractivity contribution is 0.880. The van der Waals surface area contributed by atoms with Crippen LogP contribution in [0.25, 0.3) is 16.9 Å². The Morgan fingerprint density at radius 2 is 1.77 bits per heavy atom. The summed E-state index contributed by atoms with van der Waals surface area (Å²) in [5.41, 5.74) is 2.71. The Hall–Kier alpha value is -1.80. The van der Waals surface area contributed by atoms with Gasteiger partial charge in [0.05, 0.1) is 16.4 Å². The summed E-state index contributed by atoms with van der Waals surface area (Å²) in [4.78, 5) is 0. The van der Waals surface area contributed by atoms with Crippen LogP contribution in [0.1, 0.15) is 5.69 Å². The van der Waals surface area contributed by atoms with Gasteiger partial charge in [-0.3, -0.25) is 0 Å². The number of benzene rings is 2. The van der Waals surface area contributed by atoms with Gasteiger partial charge in [-0.05, 0) is 30.3 Å². The molecule has 0 atom stereocenters. The molecule has 0 aliphatic carbocycles. The van der Waals surface area contributed by atoms with Gasteiger partial charge in [-0.2, -0.15) is 10.4 Å². The Kier molecular flexibility index (Phi) is 4.21. The maximum atomic E-state index is 9.14. The Morgan fingerprint density at radius 1 is 1.05 bits per heavy atom. The van der Waals surface area contributed by atoms with E-state index in [1.165, 1.54) is 0 Å². The average Bonchev–Trinajstić information content (AvgIpc) is 2.92. The van der Waals surface area contributed by atoms with E-state index in [4.69, 9.17) is 28.5 Å². The Bertz CT molecular complexity index is 879. The van der Waals surface area contributed by atoms with Crippen LogP contribution in [-0.4, -0.2) is 9.78 Å². The van der Waals surface area contributed by atoms with Gasteiger partial charge in [-0.25, -0.2) is 4.68 Å². The maximum Gasteiger partial charge on any atom is 0.163 e. The molecule has 0 N–H and O–H groups in total. The molecule has 0 bridgehead atoms. The second kappa shape index (κ2) is 6.13. The van der Waals surface area contributed by atoms with Gasteiger partial charge in [0.2, 0.25) is 0 Å². The second-order valence-electron chi connectivity index (χ2n) is 4.54. The molecule has 6 heteroatoms. The number of hydrogen-bond acceptors (Lipinski definition) is 2. The van der Waals surface area contributed by atoms with E-state index in [-0.39, 0.29) is 0 Å². The molecule has 22 heavy (non-hydrogen) atoms. The van der Waals surface area contributed by atoms with E-state index in [1.54, 1.807) is 28.9 Å². The Balaban J connectivity index is 2.21. The predicted molar refractivity (Wildman–Crippen MR) is 91.4 cm³/mol. The van der Waals surface area contributed by atoms with Gasteiger partial charge in [0.1, 0.15) is 6.07 Å². The zero-order valence-corrected chi connectivity index (χ0v) is 14.2. The Morgan fingerprint density at radius 3 is 2.41 bits per heavy atom. The molecule has 0 spiro atoms. The fourth-order valence-corrected chi connectivity index (χ4v) is 2.85. The first-order valence-electron chi connectivity index (χ1n) is 6.30. The van der Waals surface area contributed by atoms with E-state index in [9.17, 15) is 0 Å². The second-order valence-corrected chi connectivity index (χ2v) is 6.30. The monoisotopic (exact) mass is 391 g/mol. The molecular weight excluding hydrogens is 385 g/mol. The number of nitriles is 1. The maximum absolute atomic E-state index is 9.14. The minimum absolute atomic E-state index is 0.323. The van der Waals surface area contributed by atoms with Gasteiger partial charge < -0.3 is 0 Å². The molecule has 0 amide bonds. The molecule has 1 aromatic heterocycles. The highest BCUT2D eigenvalue weighted by atomic mass is 79.9. The van der Waals surface area contributed by atoms with Gasteiger partial charge in [0.25, 0.3) is 0 Å². The molecule has 0 fully saturated rings. The number of rotatable bonds is 2. The van der Waals surface area contributed by atoms with E-state index < -0.39 is 0 Å². The van der Waals surface area contributed by atoms with Crippen molar-refractivity contribution in [1.29, 1.82) is 5.26 Å². The summed E-state index contributed by atoms with van der Waals surface area (Å²) >= 11 is 15.6. The summed E-state index contributed by atoms with van der Waals surface area (Å²) in [5.74, 6) is 0. The van der Waals surface area contributed by atoms with E-state index >= 15 is 0 Å². The number of aromatic nitrogens is 2. The van der Waals surface area contributed by atoms with Gasteiger partial charge in [0.15, 0.2) is 5.69 Å². The molecule has 3 aromatic rings. The predicted octanol–water partition coefficient (Wildman–Crippen LogP) is 5.48. The smallest absolute Gasteiger partial charge is 0.163 e. The standard InChI is InChI=1S/C16H8BrCl2N3/c17-11-3-1-10(2-4-11)16-8-13(9-20)21-22(16)15-6-5-12(18)7-14(15)19/h1-8H. The third-order valence-corrected chi connectivity index (χ3v) is 4.17. The van der Waals surface area contributed by atoms with Crippen LogP contribution >= 0.6 is 39.1 Å². The minimum Gasteiger partial charge on any atom is -0.230 e. The quantitative estimate of drug-likeness (QED) is 0.579. The van der Waals surface area contributed by atoms with Crippen LogP contribution in [0.2, 0.25) is 10.0 Å².